The number of hydrogen-bond donors (Lipinski definition) is 3. The first-order valence-electron chi connectivity index (χ1n) is 10.7. The van der Waals surface area contributed by atoms with Gasteiger partial charge in [0, 0.05) is 34.3 Å². The van der Waals surface area contributed by atoms with Gasteiger partial charge in [0.2, 0.25) is 0 Å². The zero-order chi connectivity index (χ0) is 24.8. The van der Waals surface area contributed by atoms with E-state index in [9.17, 15) is 14.4 Å². The predicted molar refractivity (Wildman–Crippen MR) is 134 cm³/mol. The van der Waals surface area contributed by atoms with Crippen molar-refractivity contribution < 1.29 is 19.1 Å². The van der Waals surface area contributed by atoms with Gasteiger partial charge in [0.1, 0.15) is 5.69 Å². The molecule has 0 bridgehead atoms. The Labute approximate surface area is 207 Å². The van der Waals surface area contributed by atoms with Crippen LogP contribution in [0.4, 0.5) is 5.69 Å². The molecule has 34 heavy (non-hydrogen) atoms. The van der Waals surface area contributed by atoms with Crippen LogP contribution in [0.1, 0.15) is 36.3 Å². The SMILES string of the molecule is Cc1ccc(NC(=O)c2cc3cc(Cl)ccc3n2NC(=O)C(=O)NCCCOC(C)C)cc1Cl. The fourth-order valence-electron chi connectivity index (χ4n) is 3.17. The van der Waals surface area contributed by atoms with Crippen LogP contribution in [0.25, 0.3) is 10.9 Å². The molecular formula is C24H26Cl2N4O4. The highest BCUT2D eigenvalue weighted by Crippen LogP contribution is 2.25. The summed E-state index contributed by atoms with van der Waals surface area (Å²) in [6.45, 7) is 6.44. The Kier molecular flexibility index (Phi) is 8.55. The van der Waals surface area contributed by atoms with Gasteiger partial charge in [-0.3, -0.25) is 19.8 Å². The standard InChI is InChI=1S/C24H26Cl2N4O4/c1-14(2)34-10-4-9-27-23(32)24(33)29-30-20-8-6-17(25)11-16(20)12-21(30)22(31)28-18-7-5-15(3)19(26)13-18/h5-8,11-14H,4,9-10H2,1-3H3,(H,27,32)(H,28,31)(H,29,33). The van der Waals surface area contributed by atoms with Gasteiger partial charge in [-0.1, -0.05) is 29.3 Å². The van der Waals surface area contributed by atoms with E-state index >= 15 is 0 Å². The fourth-order valence-corrected chi connectivity index (χ4v) is 3.53. The quantitative estimate of drug-likeness (QED) is 0.310. The van der Waals surface area contributed by atoms with E-state index in [1.807, 2.05) is 20.8 Å². The second-order valence-electron chi connectivity index (χ2n) is 7.96. The zero-order valence-corrected chi connectivity index (χ0v) is 20.6. The lowest BCUT2D eigenvalue weighted by atomic mass is 10.2. The maximum atomic E-state index is 13.1. The summed E-state index contributed by atoms with van der Waals surface area (Å²) in [7, 11) is 0. The van der Waals surface area contributed by atoms with E-state index in [0.717, 1.165) is 5.56 Å². The van der Waals surface area contributed by atoms with E-state index in [-0.39, 0.29) is 18.3 Å². The summed E-state index contributed by atoms with van der Waals surface area (Å²) < 4.78 is 6.68. The minimum atomic E-state index is -0.912. The van der Waals surface area contributed by atoms with Gasteiger partial charge in [-0.15, -0.1) is 0 Å². The number of aryl methyl sites for hydroxylation is 1. The first-order chi connectivity index (χ1) is 16.2. The first-order valence-corrected chi connectivity index (χ1v) is 11.5. The van der Waals surface area contributed by atoms with Crippen molar-refractivity contribution in [2.24, 2.45) is 0 Å². The molecule has 0 atom stereocenters. The number of carbonyl (C=O) groups is 3. The first kappa shape index (κ1) is 25.6. The van der Waals surface area contributed by atoms with Crippen molar-refractivity contribution in [3.63, 3.8) is 0 Å². The largest absolute Gasteiger partial charge is 0.379 e. The smallest absolute Gasteiger partial charge is 0.328 e. The van der Waals surface area contributed by atoms with Crippen molar-refractivity contribution in [2.75, 3.05) is 23.9 Å². The van der Waals surface area contributed by atoms with Gasteiger partial charge in [-0.25, -0.2) is 4.68 Å². The number of nitrogens with one attached hydrogen (secondary N) is 3. The average molecular weight is 505 g/mol. The summed E-state index contributed by atoms with van der Waals surface area (Å²) in [5.74, 6) is -2.24. The molecule has 0 fully saturated rings. The molecule has 3 rings (SSSR count). The Bertz CT molecular complexity index is 1220. The van der Waals surface area contributed by atoms with Crippen LogP contribution in [0, 0.1) is 6.92 Å². The molecule has 0 aliphatic rings. The predicted octanol–water partition coefficient (Wildman–Crippen LogP) is 4.51. The molecule has 0 aliphatic heterocycles. The van der Waals surface area contributed by atoms with Gasteiger partial charge in [0.25, 0.3) is 5.91 Å². The number of anilines is 1. The minimum absolute atomic E-state index is 0.0926. The van der Waals surface area contributed by atoms with Crippen LogP contribution in [0.3, 0.4) is 0 Å². The number of rotatable bonds is 8. The van der Waals surface area contributed by atoms with Crippen LogP contribution in [0.15, 0.2) is 42.5 Å². The lowest BCUT2D eigenvalue weighted by Gasteiger charge is -2.13. The van der Waals surface area contributed by atoms with Crippen LogP contribution in [0.5, 0.6) is 0 Å². The number of carbonyl (C=O) groups excluding carboxylic acids is 3. The summed E-state index contributed by atoms with van der Waals surface area (Å²) in [4.78, 5) is 37.9. The van der Waals surface area contributed by atoms with Crippen LogP contribution < -0.4 is 16.1 Å². The summed E-state index contributed by atoms with van der Waals surface area (Å²) in [6.07, 6.45) is 0.657. The molecule has 180 valence electrons. The third-order valence-electron chi connectivity index (χ3n) is 4.90. The highest BCUT2D eigenvalue weighted by molar-refractivity contribution is 6.38. The maximum Gasteiger partial charge on any atom is 0.328 e. The highest BCUT2D eigenvalue weighted by Gasteiger charge is 2.21. The second kappa shape index (κ2) is 11.4. The van der Waals surface area contributed by atoms with Gasteiger partial charge in [0.05, 0.1) is 11.6 Å². The van der Waals surface area contributed by atoms with Crippen molar-refractivity contribution >= 4 is 57.5 Å². The molecule has 3 aromatic rings. The average Bonchev–Trinajstić information content (AvgIpc) is 3.13. The van der Waals surface area contributed by atoms with Crippen molar-refractivity contribution in [1.29, 1.82) is 0 Å². The molecule has 3 amide bonds. The number of nitrogens with zero attached hydrogens (tertiary/aromatic N) is 1. The Morgan fingerprint density at radius 3 is 2.50 bits per heavy atom. The number of benzene rings is 2. The molecule has 0 radical (unpaired) electrons. The molecule has 1 heterocycles. The molecule has 1 aromatic heterocycles. The van der Waals surface area contributed by atoms with Crippen molar-refractivity contribution in [3.05, 3.63) is 63.8 Å². The Morgan fingerprint density at radius 2 is 1.79 bits per heavy atom. The number of fused-ring (bicyclic) bond motifs is 1. The molecule has 10 heteroatoms. The van der Waals surface area contributed by atoms with E-state index in [0.29, 0.717) is 39.7 Å². The van der Waals surface area contributed by atoms with Gasteiger partial charge >= 0.3 is 11.8 Å². The van der Waals surface area contributed by atoms with E-state index in [1.165, 1.54) is 4.68 Å². The number of amides is 3. The molecule has 0 aliphatic carbocycles. The zero-order valence-electron chi connectivity index (χ0n) is 19.1. The summed E-state index contributed by atoms with van der Waals surface area (Å²) in [5, 5.41) is 6.90. The number of hydrogen-bond acceptors (Lipinski definition) is 4. The van der Waals surface area contributed by atoms with Crippen LogP contribution in [-0.4, -0.2) is 41.7 Å². The molecule has 8 nitrogen and oxygen atoms in total. The molecule has 0 saturated carbocycles. The Balaban J connectivity index is 1.78. The third-order valence-corrected chi connectivity index (χ3v) is 5.55. The fraction of sp³-hybridized carbons (Fsp3) is 0.292. The van der Waals surface area contributed by atoms with Gasteiger partial charge < -0.3 is 15.4 Å². The van der Waals surface area contributed by atoms with Gasteiger partial charge in [0.15, 0.2) is 0 Å². The van der Waals surface area contributed by atoms with Crippen LogP contribution in [-0.2, 0) is 14.3 Å². The lowest BCUT2D eigenvalue weighted by Crippen LogP contribution is -2.40. The van der Waals surface area contributed by atoms with E-state index in [1.54, 1.807) is 42.5 Å². The lowest BCUT2D eigenvalue weighted by molar-refractivity contribution is -0.136. The highest BCUT2D eigenvalue weighted by atomic mass is 35.5. The molecule has 0 spiro atoms. The monoisotopic (exact) mass is 504 g/mol. The Morgan fingerprint density at radius 1 is 1.03 bits per heavy atom. The summed E-state index contributed by atoms with van der Waals surface area (Å²) >= 11 is 12.3. The second-order valence-corrected chi connectivity index (χ2v) is 8.80. The van der Waals surface area contributed by atoms with Crippen LogP contribution in [0.2, 0.25) is 10.0 Å². The van der Waals surface area contributed by atoms with E-state index in [4.69, 9.17) is 27.9 Å². The van der Waals surface area contributed by atoms with Gasteiger partial charge in [-0.2, -0.15) is 0 Å². The van der Waals surface area contributed by atoms with E-state index < -0.39 is 17.7 Å². The molecule has 3 N–H and O–H groups in total. The van der Waals surface area contributed by atoms with Crippen molar-refractivity contribution in [2.45, 2.75) is 33.3 Å². The maximum absolute atomic E-state index is 13.1. The normalized spacial score (nSPS) is 11.0. The van der Waals surface area contributed by atoms with Gasteiger partial charge in [-0.05, 0) is 69.2 Å². The molecular weight excluding hydrogens is 479 g/mol. The number of aromatic nitrogens is 1. The van der Waals surface area contributed by atoms with Crippen molar-refractivity contribution in [3.8, 4) is 0 Å². The molecule has 0 unspecified atom stereocenters. The topological polar surface area (TPSA) is 101 Å². The van der Waals surface area contributed by atoms with Crippen molar-refractivity contribution in [1.82, 2.24) is 9.99 Å². The molecule has 2 aromatic carbocycles. The Hall–Kier alpha value is -3.07. The third kappa shape index (κ3) is 6.50. The van der Waals surface area contributed by atoms with E-state index in [2.05, 4.69) is 16.1 Å². The van der Waals surface area contributed by atoms with Crippen LogP contribution >= 0.6 is 23.2 Å². The minimum Gasteiger partial charge on any atom is -0.379 e. The number of ether oxygens (including phenoxy) is 1. The summed E-state index contributed by atoms with van der Waals surface area (Å²) in [5.41, 5.74) is 4.48. The molecule has 0 saturated heterocycles. The number of halogens is 2. The summed E-state index contributed by atoms with van der Waals surface area (Å²) in [6, 6.07) is 11.7.